The lowest BCUT2D eigenvalue weighted by atomic mass is 10.1. The number of rotatable bonds is 6. The van der Waals surface area contributed by atoms with Crippen molar-refractivity contribution < 1.29 is 19.1 Å². The molecule has 0 saturated carbocycles. The van der Waals surface area contributed by atoms with Crippen molar-refractivity contribution in [1.29, 1.82) is 0 Å². The Balaban J connectivity index is 2.00. The topological polar surface area (TPSA) is 128 Å². The molecule has 3 N–H and O–H groups in total. The molecule has 0 saturated heterocycles. The Kier molecular flexibility index (Phi) is 6.26. The molecule has 0 fully saturated rings. The largest absolute Gasteiger partial charge is 0.468 e. The molecule has 9 nitrogen and oxygen atoms in total. The zero-order chi connectivity index (χ0) is 22.8. The molecule has 1 atom stereocenters. The second-order valence-corrected chi connectivity index (χ2v) is 8.20. The quantitative estimate of drug-likeness (QED) is 0.451. The summed E-state index contributed by atoms with van der Waals surface area (Å²) in [4.78, 5) is 45.8. The van der Waals surface area contributed by atoms with Crippen LogP contribution in [0, 0.1) is 0 Å². The van der Waals surface area contributed by atoms with E-state index < -0.39 is 29.1 Å². The zero-order valence-electron chi connectivity index (χ0n) is 18.0. The molecule has 0 radical (unpaired) electrons. The summed E-state index contributed by atoms with van der Waals surface area (Å²) < 4.78 is 10.1. The van der Waals surface area contributed by atoms with E-state index in [1.165, 1.54) is 12.0 Å². The first-order valence-electron chi connectivity index (χ1n) is 9.80. The third-order valence-corrected chi connectivity index (χ3v) is 4.53. The summed E-state index contributed by atoms with van der Waals surface area (Å²) in [5, 5.41) is 1.58. The highest BCUT2D eigenvalue weighted by Crippen LogP contribution is 2.21. The smallest absolute Gasteiger partial charge is 0.325 e. The molecule has 0 aliphatic rings. The molecule has 164 valence electrons. The van der Waals surface area contributed by atoms with Gasteiger partial charge >= 0.3 is 11.9 Å². The van der Waals surface area contributed by atoms with Gasteiger partial charge in [0.15, 0.2) is 0 Å². The lowest BCUT2D eigenvalue weighted by Crippen LogP contribution is -2.48. The number of fused-ring (bicyclic) bond motifs is 2. The minimum atomic E-state index is -1.08. The summed E-state index contributed by atoms with van der Waals surface area (Å²) in [5.41, 5.74) is 6.19. The lowest BCUT2D eigenvalue weighted by molar-refractivity contribution is -0.156. The first-order valence-corrected chi connectivity index (χ1v) is 9.80. The minimum Gasteiger partial charge on any atom is -0.468 e. The van der Waals surface area contributed by atoms with Crippen LogP contribution < -0.4 is 16.2 Å². The van der Waals surface area contributed by atoms with Gasteiger partial charge in [0.25, 0.3) is 5.56 Å². The third kappa shape index (κ3) is 5.37. The van der Waals surface area contributed by atoms with Gasteiger partial charge < -0.3 is 25.1 Å². The van der Waals surface area contributed by atoms with Crippen LogP contribution in [0.4, 0.5) is 5.69 Å². The van der Waals surface area contributed by atoms with E-state index in [9.17, 15) is 14.4 Å². The molecule has 3 aromatic rings. The van der Waals surface area contributed by atoms with Crippen LogP contribution in [-0.4, -0.2) is 53.7 Å². The Hall–Kier alpha value is -3.46. The van der Waals surface area contributed by atoms with Crippen LogP contribution >= 0.6 is 0 Å². The van der Waals surface area contributed by atoms with Crippen LogP contribution in [0.5, 0.6) is 0 Å². The number of carbonyl (C=O) groups is 2. The lowest BCUT2D eigenvalue weighted by Gasteiger charge is -2.27. The number of esters is 2. The van der Waals surface area contributed by atoms with E-state index in [-0.39, 0.29) is 18.8 Å². The number of nitrogens with zero attached hydrogens (tertiary/aromatic N) is 2. The molecule has 31 heavy (non-hydrogen) atoms. The van der Waals surface area contributed by atoms with Gasteiger partial charge in [-0.25, -0.2) is 4.98 Å². The molecular weight excluding hydrogens is 400 g/mol. The summed E-state index contributed by atoms with van der Waals surface area (Å²) in [6.45, 7) is 4.82. The number of para-hydroxylation sites is 1. The van der Waals surface area contributed by atoms with Gasteiger partial charge in [-0.1, -0.05) is 18.2 Å². The van der Waals surface area contributed by atoms with Crippen LogP contribution in [-0.2, 0) is 19.1 Å². The van der Waals surface area contributed by atoms with Gasteiger partial charge in [-0.3, -0.25) is 14.4 Å². The monoisotopic (exact) mass is 426 g/mol. The van der Waals surface area contributed by atoms with Gasteiger partial charge in [0.2, 0.25) is 0 Å². The number of benzene rings is 1. The van der Waals surface area contributed by atoms with Crippen molar-refractivity contribution in [1.82, 2.24) is 9.97 Å². The fraction of sp³-hybridized carbons (Fsp3) is 0.364. The number of nitrogens with two attached hydrogens (primary N) is 1. The summed E-state index contributed by atoms with van der Waals surface area (Å²) in [5.74, 6) is -1.21. The van der Waals surface area contributed by atoms with Crippen molar-refractivity contribution in [3.8, 4) is 0 Å². The fourth-order valence-corrected chi connectivity index (χ4v) is 3.12. The van der Waals surface area contributed by atoms with E-state index in [2.05, 4.69) is 9.97 Å². The van der Waals surface area contributed by atoms with E-state index in [4.69, 9.17) is 15.2 Å². The van der Waals surface area contributed by atoms with Crippen LogP contribution in [0.3, 0.4) is 0 Å². The Morgan fingerprint density at radius 3 is 2.58 bits per heavy atom. The number of ether oxygens (including phenoxy) is 2. The Morgan fingerprint density at radius 1 is 1.19 bits per heavy atom. The normalized spacial score (nSPS) is 12.5. The maximum absolute atomic E-state index is 12.8. The SMILES string of the molecule is COC(=O)CN(CC(N)C(=O)OC(C)(C)C)c1cc2cc3ccccc3nc2[nH]c1=O. The second kappa shape index (κ2) is 8.73. The van der Waals surface area contributed by atoms with Crippen molar-refractivity contribution in [3.63, 3.8) is 0 Å². The van der Waals surface area contributed by atoms with Crippen LogP contribution in [0.2, 0.25) is 0 Å². The molecule has 1 aromatic carbocycles. The van der Waals surface area contributed by atoms with Crippen molar-refractivity contribution in [2.75, 3.05) is 25.1 Å². The minimum absolute atomic E-state index is 0.111. The Morgan fingerprint density at radius 2 is 1.90 bits per heavy atom. The molecule has 3 rings (SSSR count). The molecule has 0 amide bonds. The number of pyridine rings is 2. The van der Waals surface area contributed by atoms with Gasteiger partial charge in [-0.2, -0.15) is 0 Å². The number of aromatic nitrogens is 2. The third-order valence-electron chi connectivity index (χ3n) is 4.53. The van der Waals surface area contributed by atoms with E-state index in [0.717, 1.165) is 10.9 Å². The van der Waals surface area contributed by atoms with Crippen molar-refractivity contribution in [3.05, 3.63) is 46.8 Å². The van der Waals surface area contributed by atoms with Gasteiger partial charge in [-0.15, -0.1) is 0 Å². The first kappa shape index (κ1) is 22.2. The maximum atomic E-state index is 12.8. The van der Waals surface area contributed by atoms with Gasteiger partial charge in [0.05, 0.1) is 12.6 Å². The molecule has 9 heteroatoms. The molecule has 1 unspecified atom stereocenters. The Bertz CT molecular complexity index is 1180. The fourth-order valence-electron chi connectivity index (χ4n) is 3.12. The molecule has 0 aliphatic carbocycles. The second-order valence-electron chi connectivity index (χ2n) is 8.20. The molecule has 0 spiro atoms. The number of hydrogen-bond donors (Lipinski definition) is 2. The molecular formula is C22H26N4O5. The van der Waals surface area contributed by atoms with Crippen LogP contribution in [0.1, 0.15) is 20.8 Å². The van der Waals surface area contributed by atoms with E-state index in [1.54, 1.807) is 26.8 Å². The number of carbonyl (C=O) groups excluding carboxylic acids is 2. The molecule has 0 bridgehead atoms. The highest BCUT2D eigenvalue weighted by Gasteiger charge is 2.26. The number of aromatic amines is 1. The van der Waals surface area contributed by atoms with E-state index in [0.29, 0.717) is 11.0 Å². The zero-order valence-corrected chi connectivity index (χ0v) is 18.0. The highest BCUT2D eigenvalue weighted by atomic mass is 16.6. The first-order chi connectivity index (χ1) is 14.6. The van der Waals surface area contributed by atoms with Gasteiger partial charge in [0.1, 0.15) is 29.5 Å². The number of hydrogen-bond acceptors (Lipinski definition) is 8. The number of H-pyrrole nitrogens is 1. The van der Waals surface area contributed by atoms with Crippen LogP contribution in [0.15, 0.2) is 41.2 Å². The molecule has 0 aliphatic heterocycles. The van der Waals surface area contributed by atoms with Crippen molar-refractivity contribution in [2.24, 2.45) is 5.73 Å². The van der Waals surface area contributed by atoms with Gasteiger partial charge in [0, 0.05) is 17.3 Å². The van der Waals surface area contributed by atoms with E-state index >= 15 is 0 Å². The standard InChI is InChI=1S/C22H26N4O5/c1-22(2,3)31-21(29)15(23)11-26(12-18(27)30-4)17-10-14-9-13-7-5-6-8-16(13)24-19(14)25-20(17)28/h5-10,15H,11-12,23H2,1-4H3,(H,24,25,28). The molecule has 2 heterocycles. The Labute approximate surface area is 179 Å². The number of nitrogens with one attached hydrogen (secondary N) is 1. The number of methoxy groups -OCH3 is 1. The summed E-state index contributed by atoms with van der Waals surface area (Å²) >= 11 is 0. The van der Waals surface area contributed by atoms with Crippen molar-refractivity contribution >= 4 is 39.6 Å². The summed E-state index contributed by atoms with van der Waals surface area (Å²) in [6.07, 6.45) is 0. The highest BCUT2D eigenvalue weighted by molar-refractivity contribution is 5.92. The predicted octanol–water partition coefficient (Wildman–Crippen LogP) is 1.72. The average molecular weight is 426 g/mol. The maximum Gasteiger partial charge on any atom is 0.325 e. The summed E-state index contributed by atoms with van der Waals surface area (Å²) in [6, 6.07) is 9.96. The number of anilines is 1. The summed E-state index contributed by atoms with van der Waals surface area (Å²) in [7, 11) is 1.25. The predicted molar refractivity (Wildman–Crippen MR) is 118 cm³/mol. The van der Waals surface area contributed by atoms with Crippen LogP contribution in [0.25, 0.3) is 21.9 Å². The van der Waals surface area contributed by atoms with E-state index in [1.807, 2.05) is 30.3 Å². The average Bonchev–Trinajstić information content (AvgIpc) is 2.69. The van der Waals surface area contributed by atoms with Gasteiger partial charge in [-0.05, 0) is 39.0 Å². The van der Waals surface area contributed by atoms with Crippen molar-refractivity contribution in [2.45, 2.75) is 32.4 Å². The molecule has 2 aromatic heterocycles.